The molecule has 0 saturated heterocycles. The zero-order valence-electron chi connectivity index (χ0n) is 17.9. The van der Waals surface area contributed by atoms with E-state index in [1.165, 1.54) is 60.1 Å². The highest BCUT2D eigenvalue weighted by atomic mass is 14.2. The summed E-state index contributed by atoms with van der Waals surface area (Å²) in [7, 11) is 0. The van der Waals surface area contributed by atoms with Crippen LogP contribution in [0, 0.1) is 0 Å². The Kier molecular flexibility index (Phi) is 4.07. The van der Waals surface area contributed by atoms with E-state index in [1.54, 1.807) is 0 Å². The van der Waals surface area contributed by atoms with Gasteiger partial charge in [-0.25, -0.2) is 0 Å². The van der Waals surface area contributed by atoms with Gasteiger partial charge in [-0.2, -0.15) is 0 Å². The van der Waals surface area contributed by atoms with Crippen molar-refractivity contribution < 1.29 is 0 Å². The predicted octanol–water partition coefficient (Wildman–Crippen LogP) is 9.04. The quantitative estimate of drug-likeness (QED) is 0.262. The summed E-state index contributed by atoms with van der Waals surface area (Å²) in [5, 5.41) is 8.02. The van der Waals surface area contributed by atoms with Crippen LogP contribution in [0.25, 0.3) is 54.6 Å². The summed E-state index contributed by atoms with van der Waals surface area (Å²) < 4.78 is 0. The second-order valence-electron chi connectivity index (χ2n) is 8.82. The average Bonchev–Trinajstić information content (AvgIpc) is 2.83. The predicted molar refractivity (Wildman–Crippen MR) is 135 cm³/mol. The molecule has 31 heavy (non-hydrogen) atoms. The van der Waals surface area contributed by atoms with E-state index in [0.717, 1.165) is 0 Å². The number of hydrogen-bond acceptors (Lipinski definition) is 0. The molecule has 0 radical (unpaired) electrons. The molecule has 6 aromatic rings. The monoisotopic (exact) mass is 396 g/mol. The lowest BCUT2D eigenvalue weighted by Gasteiger charge is -2.14. The molecule has 0 amide bonds. The Hall–Kier alpha value is -3.64. The molecule has 0 aliphatic rings. The van der Waals surface area contributed by atoms with E-state index in [-0.39, 0.29) is 0 Å². The number of hydrogen-bond donors (Lipinski definition) is 0. The van der Waals surface area contributed by atoms with Crippen molar-refractivity contribution in [2.75, 3.05) is 0 Å². The molecule has 0 saturated carbocycles. The fraction of sp³-hybridized carbons (Fsp3) is 0.0968. The first-order valence-corrected chi connectivity index (χ1v) is 11.1. The molecular weight excluding hydrogens is 372 g/mol. The molecular formula is C31H24. The first-order valence-electron chi connectivity index (χ1n) is 11.1. The minimum atomic E-state index is 0.561. The summed E-state index contributed by atoms with van der Waals surface area (Å²) >= 11 is 0. The van der Waals surface area contributed by atoms with E-state index in [2.05, 4.69) is 117 Å². The van der Waals surface area contributed by atoms with Crippen LogP contribution in [0.3, 0.4) is 0 Å². The van der Waals surface area contributed by atoms with Crippen molar-refractivity contribution in [2.45, 2.75) is 19.8 Å². The maximum atomic E-state index is 2.29. The third-order valence-corrected chi connectivity index (χ3v) is 6.64. The van der Waals surface area contributed by atoms with Crippen molar-refractivity contribution in [3.05, 3.63) is 109 Å². The van der Waals surface area contributed by atoms with E-state index in [0.29, 0.717) is 5.92 Å². The fourth-order valence-corrected chi connectivity index (χ4v) is 4.89. The minimum absolute atomic E-state index is 0.561. The Bertz CT molecular complexity index is 1500. The largest absolute Gasteiger partial charge is 0.0610 e. The fourth-order valence-electron chi connectivity index (χ4n) is 4.89. The van der Waals surface area contributed by atoms with Gasteiger partial charge in [0, 0.05) is 0 Å². The van der Waals surface area contributed by atoms with Crippen molar-refractivity contribution in [2.24, 2.45) is 0 Å². The van der Waals surface area contributed by atoms with E-state index in [1.807, 2.05) is 0 Å². The second-order valence-corrected chi connectivity index (χ2v) is 8.82. The van der Waals surface area contributed by atoms with Crippen LogP contribution in [0.1, 0.15) is 25.3 Å². The molecule has 6 aromatic carbocycles. The maximum Gasteiger partial charge on any atom is -0.00206 e. The van der Waals surface area contributed by atoms with Crippen molar-refractivity contribution in [1.29, 1.82) is 0 Å². The second kappa shape index (κ2) is 6.96. The van der Waals surface area contributed by atoms with Gasteiger partial charge < -0.3 is 0 Å². The minimum Gasteiger partial charge on any atom is -0.0610 e. The zero-order valence-corrected chi connectivity index (χ0v) is 17.9. The van der Waals surface area contributed by atoms with Crippen LogP contribution in [-0.2, 0) is 0 Å². The molecule has 0 bridgehead atoms. The molecule has 148 valence electrons. The third-order valence-electron chi connectivity index (χ3n) is 6.64. The summed E-state index contributed by atoms with van der Waals surface area (Å²) in [5.41, 5.74) is 6.48. The van der Waals surface area contributed by atoms with Crippen molar-refractivity contribution in [3.63, 3.8) is 0 Å². The molecule has 0 aliphatic heterocycles. The van der Waals surface area contributed by atoms with E-state index >= 15 is 0 Å². The van der Waals surface area contributed by atoms with Gasteiger partial charge in [0.25, 0.3) is 0 Å². The highest BCUT2D eigenvalue weighted by Crippen LogP contribution is 2.39. The standard InChI is InChI=1S/C31H24/c1-20(2)21-6-8-22(9-7-21)23-10-12-24(13-11-23)28-18-16-27-15-14-25-4-3-5-26-17-19-29(28)31(27)30(25)26/h3-20H,1-2H3. The van der Waals surface area contributed by atoms with E-state index in [4.69, 9.17) is 0 Å². The molecule has 6 rings (SSSR count). The van der Waals surface area contributed by atoms with Gasteiger partial charge in [0.05, 0.1) is 0 Å². The molecule has 0 aromatic heterocycles. The summed E-state index contributed by atoms with van der Waals surface area (Å²) in [4.78, 5) is 0. The first kappa shape index (κ1) is 18.2. The van der Waals surface area contributed by atoms with Crippen LogP contribution in [0.4, 0.5) is 0 Å². The lowest BCUT2D eigenvalue weighted by molar-refractivity contribution is 0.867. The topological polar surface area (TPSA) is 0 Å². The van der Waals surface area contributed by atoms with Gasteiger partial charge in [-0.05, 0) is 66.1 Å². The summed E-state index contributed by atoms with van der Waals surface area (Å²) in [6, 6.07) is 38.1. The highest BCUT2D eigenvalue weighted by Gasteiger charge is 2.12. The zero-order chi connectivity index (χ0) is 20.9. The first-order chi connectivity index (χ1) is 15.2. The van der Waals surface area contributed by atoms with E-state index in [9.17, 15) is 0 Å². The Morgan fingerprint density at radius 2 is 0.968 bits per heavy atom. The van der Waals surface area contributed by atoms with Gasteiger partial charge >= 0.3 is 0 Å². The molecule has 0 N–H and O–H groups in total. The molecule has 0 spiro atoms. The van der Waals surface area contributed by atoms with Gasteiger partial charge in [0.15, 0.2) is 0 Å². The number of benzene rings is 6. The lowest BCUT2D eigenvalue weighted by atomic mass is 9.89. The Morgan fingerprint density at radius 3 is 1.61 bits per heavy atom. The molecule has 0 heterocycles. The van der Waals surface area contributed by atoms with Crippen LogP contribution >= 0.6 is 0 Å². The molecule has 0 nitrogen and oxygen atoms in total. The molecule has 0 unspecified atom stereocenters. The lowest BCUT2D eigenvalue weighted by Crippen LogP contribution is -1.88. The van der Waals surface area contributed by atoms with Crippen LogP contribution in [0.5, 0.6) is 0 Å². The van der Waals surface area contributed by atoms with Crippen LogP contribution in [0.2, 0.25) is 0 Å². The Morgan fingerprint density at radius 1 is 0.452 bits per heavy atom. The van der Waals surface area contributed by atoms with Gasteiger partial charge in [-0.3, -0.25) is 0 Å². The molecule has 0 atom stereocenters. The van der Waals surface area contributed by atoms with Crippen molar-refractivity contribution >= 4 is 32.3 Å². The Balaban J connectivity index is 1.47. The maximum absolute atomic E-state index is 2.29. The van der Waals surface area contributed by atoms with Crippen molar-refractivity contribution in [3.8, 4) is 22.3 Å². The highest BCUT2D eigenvalue weighted by molar-refractivity contribution is 6.25. The van der Waals surface area contributed by atoms with Crippen molar-refractivity contribution in [1.82, 2.24) is 0 Å². The molecule has 0 fully saturated rings. The number of rotatable bonds is 3. The third kappa shape index (κ3) is 2.91. The average molecular weight is 397 g/mol. The van der Waals surface area contributed by atoms with Gasteiger partial charge in [0.2, 0.25) is 0 Å². The SMILES string of the molecule is CC(C)c1ccc(-c2ccc(-c3ccc4ccc5cccc6ccc3c4c56)cc2)cc1. The van der Waals surface area contributed by atoms with Gasteiger partial charge in [-0.15, -0.1) is 0 Å². The molecule has 0 aliphatic carbocycles. The van der Waals surface area contributed by atoms with Crippen LogP contribution in [-0.4, -0.2) is 0 Å². The van der Waals surface area contributed by atoms with Crippen LogP contribution in [0.15, 0.2) is 103 Å². The van der Waals surface area contributed by atoms with Gasteiger partial charge in [-0.1, -0.05) is 117 Å². The van der Waals surface area contributed by atoms with Crippen LogP contribution < -0.4 is 0 Å². The summed E-state index contributed by atoms with van der Waals surface area (Å²) in [5.74, 6) is 0.561. The summed E-state index contributed by atoms with van der Waals surface area (Å²) in [6.07, 6.45) is 0. The Labute approximate surface area is 183 Å². The van der Waals surface area contributed by atoms with E-state index < -0.39 is 0 Å². The molecule has 0 heteroatoms. The smallest absolute Gasteiger partial charge is 0.00206 e. The summed E-state index contributed by atoms with van der Waals surface area (Å²) in [6.45, 7) is 4.47. The van der Waals surface area contributed by atoms with Gasteiger partial charge in [0.1, 0.15) is 0 Å². The normalized spacial score (nSPS) is 11.8.